The third-order valence-electron chi connectivity index (χ3n) is 6.58. The number of rotatable bonds is 7. The number of amides is 1. The average molecular weight is 542 g/mol. The van der Waals surface area contributed by atoms with Crippen molar-refractivity contribution in [1.29, 1.82) is 0 Å². The molecule has 1 aromatic rings. The summed E-state index contributed by atoms with van der Waals surface area (Å²) in [6, 6.07) is 11.7. The number of hydrogen-bond acceptors (Lipinski definition) is 3. The van der Waals surface area contributed by atoms with Gasteiger partial charge in [0.1, 0.15) is 0 Å². The minimum atomic E-state index is 0. The lowest BCUT2D eigenvalue weighted by atomic mass is 9.83. The molecule has 0 radical (unpaired) electrons. The van der Waals surface area contributed by atoms with Gasteiger partial charge in [-0.2, -0.15) is 0 Å². The summed E-state index contributed by atoms with van der Waals surface area (Å²) in [5.74, 6) is 1.73. The number of nitrogens with one attached hydrogen (secondary N) is 2. The number of nitrogens with zero attached hydrogens (tertiary/aromatic N) is 3. The largest absolute Gasteiger partial charge is 0.356 e. The molecule has 2 N–H and O–H groups in total. The van der Waals surface area contributed by atoms with Gasteiger partial charge in [-0.1, -0.05) is 37.3 Å². The first-order valence-electron chi connectivity index (χ1n) is 11.6. The molecule has 2 fully saturated rings. The number of aliphatic imine (C=N–C) groups is 1. The Morgan fingerprint density at radius 3 is 2.71 bits per heavy atom. The van der Waals surface area contributed by atoms with Crippen LogP contribution in [0.15, 0.2) is 35.3 Å². The summed E-state index contributed by atoms with van der Waals surface area (Å²) in [5.41, 5.74) is 1.41. The molecule has 2 heterocycles. The van der Waals surface area contributed by atoms with Gasteiger partial charge in [-0.05, 0) is 50.6 Å². The number of carbonyl (C=O) groups excluding carboxylic acids is 1. The van der Waals surface area contributed by atoms with Gasteiger partial charge in [-0.25, -0.2) is 0 Å². The Kier molecular flexibility index (Phi) is 11.1. The van der Waals surface area contributed by atoms with Crippen molar-refractivity contribution in [2.45, 2.75) is 64.6 Å². The van der Waals surface area contributed by atoms with Gasteiger partial charge in [0.2, 0.25) is 5.91 Å². The molecule has 0 bridgehead atoms. The summed E-state index contributed by atoms with van der Waals surface area (Å²) in [4.78, 5) is 21.6. The van der Waals surface area contributed by atoms with Crippen molar-refractivity contribution in [2.75, 3.05) is 33.2 Å². The van der Waals surface area contributed by atoms with Crippen LogP contribution in [0.5, 0.6) is 0 Å². The molecule has 3 rings (SSSR count). The van der Waals surface area contributed by atoms with E-state index in [1.54, 1.807) is 0 Å². The summed E-state index contributed by atoms with van der Waals surface area (Å²) in [6.45, 7) is 9.08. The molecule has 0 aromatic heterocycles. The van der Waals surface area contributed by atoms with Gasteiger partial charge in [0, 0.05) is 51.7 Å². The average Bonchev–Trinajstić information content (AvgIpc) is 2.77. The zero-order valence-corrected chi connectivity index (χ0v) is 21.7. The number of halogens is 1. The van der Waals surface area contributed by atoms with E-state index >= 15 is 0 Å². The number of benzene rings is 1. The van der Waals surface area contributed by atoms with Crippen LogP contribution in [0.4, 0.5) is 0 Å². The van der Waals surface area contributed by atoms with Gasteiger partial charge in [0.25, 0.3) is 0 Å². The maximum absolute atomic E-state index is 12.0. The summed E-state index contributed by atoms with van der Waals surface area (Å²) in [7, 11) is 1.84. The van der Waals surface area contributed by atoms with Crippen LogP contribution in [0.3, 0.4) is 0 Å². The van der Waals surface area contributed by atoms with Crippen LogP contribution in [0.2, 0.25) is 0 Å². The zero-order valence-electron chi connectivity index (χ0n) is 19.3. The highest BCUT2D eigenvalue weighted by atomic mass is 127. The summed E-state index contributed by atoms with van der Waals surface area (Å²) >= 11 is 0. The van der Waals surface area contributed by atoms with E-state index in [9.17, 15) is 4.79 Å². The summed E-state index contributed by atoms with van der Waals surface area (Å²) < 4.78 is 0. The molecule has 0 aliphatic carbocycles. The fraction of sp³-hybridized carbons (Fsp3) is 0.667. The second-order valence-corrected chi connectivity index (χ2v) is 8.76. The Morgan fingerprint density at radius 1 is 1.23 bits per heavy atom. The van der Waals surface area contributed by atoms with Gasteiger partial charge in [-0.3, -0.25) is 14.7 Å². The van der Waals surface area contributed by atoms with E-state index in [4.69, 9.17) is 0 Å². The van der Waals surface area contributed by atoms with Crippen LogP contribution < -0.4 is 10.6 Å². The van der Waals surface area contributed by atoms with Crippen LogP contribution in [0, 0.1) is 5.92 Å². The Balaban J connectivity index is 0.00000341. The molecule has 31 heavy (non-hydrogen) atoms. The molecule has 6 nitrogen and oxygen atoms in total. The van der Waals surface area contributed by atoms with Crippen molar-refractivity contribution < 1.29 is 4.79 Å². The van der Waals surface area contributed by atoms with Crippen molar-refractivity contribution >= 4 is 35.8 Å². The van der Waals surface area contributed by atoms with E-state index in [0.717, 1.165) is 32.0 Å². The van der Waals surface area contributed by atoms with E-state index in [0.29, 0.717) is 24.9 Å². The molecule has 2 saturated heterocycles. The lowest BCUT2D eigenvalue weighted by molar-refractivity contribution is -0.121. The number of guanidine groups is 1. The number of likely N-dealkylation sites (tertiary alicyclic amines) is 2. The fourth-order valence-electron chi connectivity index (χ4n) is 4.78. The second-order valence-electron chi connectivity index (χ2n) is 8.76. The first-order valence-corrected chi connectivity index (χ1v) is 11.6. The van der Waals surface area contributed by atoms with Crippen molar-refractivity contribution in [2.24, 2.45) is 10.9 Å². The Hall–Kier alpha value is -1.35. The van der Waals surface area contributed by atoms with Crippen LogP contribution in [0.1, 0.15) is 51.5 Å². The third kappa shape index (κ3) is 7.63. The van der Waals surface area contributed by atoms with E-state index in [1.807, 2.05) is 14.0 Å². The standard InChI is InChI=1S/C24H39N5O.HI/c1-4-19(2)27-23(30)12-14-26-24(25-3)29-16-13-22-21(18-29)11-8-15-28(22)17-20-9-6-5-7-10-20;/h5-7,9-10,19,21-22H,4,8,11-18H2,1-3H3,(H,25,26)(H,27,30);1H. The molecular formula is C24H40IN5O. The maximum atomic E-state index is 12.0. The number of piperidine rings is 2. The van der Waals surface area contributed by atoms with Crippen LogP contribution >= 0.6 is 24.0 Å². The van der Waals surface area contributed by atoms with Crippen molar-refractivity contribution in [1.82, 2.24) is 20.4 Å². The molecule has 3 atom stereocenters. The summed E-state index contributed by atoms with van der Waals surface area (Å²) in [6.07, 6.45) is 5.17. The Labute approximate surface area is 205 Å². The summed E-state index contributed by atoms with van der Waals surface area (Å²) in [5, 5.41) is 6.43. The molecule has 3 unspecified atom stereocenters. The monoisotopic (exact) mass is 541 g/mol. The normalized spacial score (nSPS) is 22.8. The van der Waals surface area contributed by atoms with Crippen molar-refractivity contribution in [3.63, 3.8) is 0 Å². The first-order chi connectivity index (χ1) is 14.6. The zero-order chi connectivity index (χ0) is 21.3. The number of hydrogen-bond donors (Lipinski definition) is 2. The van der Waals surface area contributed by atoms with Gasteiger partial charge >= 0.3 is 0 Å². The SMILES string of the molecule is CCC(C)NC(=O)CCNC(=NC)N1CCC2C(CCCN2Cc2ccccc2)C1.I. The van der Waals surface area contributed by atoms with Crippen LogP contribution in [0.25, 0.3) is 0 Å². The molecule has 174 valence electrons. The maximum Gasteiger partial charge on any atom is 0.221 e. The van der Waals surface area contributed by atoms with E-state index in [-0.39, 0.29) is 35.9 Å². The highest BCUT2D eigenvalue weighted by Gasteiger charge is 2.36. The molecule has 1 amide bonds. The van der Waals surface area contributed by atoms with E-state index in [2.05, 4.69) is 62.7 Å². The van der Waals surface area contributed by atoms with Crippen LogP contribution in [-0.2, 0) is 11.3 Å². The molecule has 1 aromatic carbocycles. The lowest BCUT2D eigenvalue weighted by Gasteiger charge is -2.48. The molecule has 2 aliphatic rings. The van der Waals surface area contributed by atoms with Gasteiger partial charge < -0.3 is 15.5 Å². The topological polar surface area (TPSA) is 60.0 Å². The fourth-order valence-corrected chi connectivity index (χ4v) is 4.78. The Bertz CT molecular complexity index is 698. The quantitative estimate of drug-likeness (QED) is 0.316. The number of carbonyl (C=O) groups is 1. The van der Waals surface area contributed by atoms with E-state index in [1.165, 1.54) is 31.4 Å². The molecular weight excluding hydrogens is 501 g/mol. The van der Waals surface area contributed by atoms with Gasteiger partial charge in [0.05, 0.1) is 0 Å². The molecule has 0 spiro atoms. The van der Waals surface area contributed by atoms with E-state index < -0.39 is 0 Å². The predicted octanol–water partition coefficient (Wildman–Crippen LogP) is 3.47. The molecule has 0 saturated carbocycles. The van der Waals surface area contributed by atoms with Crippen molar-refractivity contribution in [3.8, 4) is 0 Å². The highest BCUT2D eigenvalue weighted by molar-refractivity contribution is 14.0. The van der Waals surface area contributed by atoms with Gasteiger partial charge in [-0.15, -0.1) is 24.0 Å². The molecule has 2 aliphatic heterocycles. The third-order valence-corrected chi connectivity index (χ3v) is 6.58. The van der Waals surface area contributed by atoms with Gasteiger partial charge in [0.15, 0.2) is 5.96 Å². The molecule has 7 heteroatoms. The van der Waals surface area contributed by atoms with Crippen molar-refractivity contribution in [3.05, 3.63) is 35.9 Å². The predicted molar refractivity (Wildman–Crippen MR) is 139 cm³/mol. The Morgan fingerprint density at radius 2 is 2.00 bits per heavy atom. The minimum Gasteiger partial charge on any atom is -0.356 e. The lowest BCUT2D eigenvalue weighted by Crippen LogP contribution is -2.56. The number of fused-ring (bicyclic) bond motifs is 1. The first kappa shape index (κ1) is 25.9. The minimum absolute atomic E-state index is 0. The highest BCUT2D eigenvalue weighted by Crippen LogP contribution is 2.31. The smallest absolute Gasteiger partial charge is 0.221 e. The second kappa shape index (κ2) is 13.3. The van der Waals surface area contributed by atoms with Crippen LogP contribution in [-0.4, -0.2) is 67.0 Å².